The van der Waals surface area contributed by atoms with Crippen LogP contribution in [0.1, 0.15) is 19.8 Å². The smallest absolute Gasteiger partial charge is 0.0847 e. The molecule has 112 valence electrons. The van der Waals surface area contributed by atoms with Crippen LogP contribution in [0, 0.1) is 5.92 Å². The van der Waals surface area contributed by atoms with Gasteiger partial charge in [-0.1, -0.05) is 24.6 Å². The number of para-hydroxylation sites is 1. The van der Waals surface area contributed by atoms with Crippen molar-refractivity contribution in [2.45, 2.75) is 25.9 Å². The molecule has 3 nitrogen and oxygen atoms in total. The Balaban J connectivity index is 2.13. The summed E-state index contributed by atoms with van der Waals surface area (Å²) in [5.41, 5.74) is 2.01. The predicted octanol–water partition coefficient (Wildman–Crippen LogP) is 3.59. The molecule has 0 radical (unpaired) electrons. The third-order valence-corrected chi connectivity index (χ3v) is 4.45. The lowest BCUT2D eigenvalue weighted by molar-refractivity contribution is 0.211. The first-order valence-corrected chi connectivity index (χ1v) is 8.04. The molecule has 1 heterocycles. The number of rotatable bonds is 5. The van der Waals surface area contributed by atoms with Crippen LogP contribution in [0.2, 0.25) is 5.02 Å². The number of aliphatic hydroxyl groups excluding tert-OH is 1. The summed E-state index contributed by atoms with van der Waals surface area (Å²) in [5.74, 6) is 1.01. The number of benzene rings is 1. The molecule has 1 unspecified atom stereocenters. The molecule has 0 amide bonds. The Morgan fingerprint density at radius 2 is 2.10 bits per heavy atom. The molecule has 0 spiro atoms. The number of alkyl halides is 1. The highest BCUT2D eigenvalue weighted by Crippen LogP contribution is 2.36. The fourth-order valence-corrected chi connectivity index (χ4v) is 2.90. The van der Waals surface area contributed by atoms with E-state index in [-0.39, 0.29) is 5.88 Å². The fourth-order valence-electron chi connectivity index (χ4n) is 2.49. The van der Waals surface area contributed by atoms with Crippen molar-refractivity contribution in [1.82, 2.24) is 0 Å². The summed E-state index contributed by atoms with van der Waals surface area (Å²) in [6.07, 6.45) is 1.83. The van der Waals surface area contributed by atoms with Gasteiger partial charge in [0.1, 0.15) is 0 Å². The lowest BCUT2D eigenvalue weighted by Gasteiger charge is -2.34. The second-order valence-electron chi connectivity index (χ2n) is 5.49. The zero-order valence-electron chi connectivity index (χ0n) is 11.8. The summed E-state index contributed by atoms with van der Waals surface area (Å²) in [5, 5.41) is 13.6. The molecule has 0 bridgehead atoms. The van der Waals surface area contributed by atoms with Crippen LogP contribution in [-0.2, 0) is 0 Å². The van der Waals surface area contributed by atoms with Gasteiger partial charge in [-0.15, -0.1) is 11.6 Å². The minimum Gasteiger partial charge on any atom is -0.390 e. The molecule has 2 rings (SSSR count). The number of aliphatic hydroxyl groups is 1. The van der Waals surface area contributed by atoms with E-state index in [0.717, 1.165) is 35.4 Å². The molecule has 5 heteroatoms. The van der Waals surface area contributed by atoms with Crippen molar-refractivity contribution in [2.75, 3.05) is 35.7 Å². The number of anilines is 2. The lowest BCUT2D eigenvalue weighted by Crippen LogP contribution is -2.33. The standard InChI is InChI=1S/C15H22Cl2N2O/c1-11-5-7-19(8-6-11)15-13(17)3-2-4-14(15)18-10-12(20)9-16/h2-4,11-12,18,20H,5-10H2,1H3. The summed E-state index contributed by atoms with van der Waals surface area (Å²) < 4.78 is 0. The van der Waals surface area contributed by atoms with Crippen molar-refractivity contribution in [3.05, 3.63) is 23.2 Å². The molecule has 0 saturated carbocycles. The summed E-state index contributed by atoms with van der Waals surface area (Å²) in [4.78, 5) is 2.33. The molecule has 0 aliphatic carbocycles. The average Bonchev–Trinajstić information content (AvgIpc) is 2.46. The van der Waals surface area contributed by atoms with E-state index < -0.39 is 6.10 Å². The van der Waals surface area contributed by atoms with Gasteiger partial charge >= 0.3 is 0 Å². The highest BCUT2D eigenvalue weighted by Gasteiger charge is 2.20. The van der Waals surface area contributed by atoms with Crippen LogP contribution in [-0.4, -0.2) is 36.7 Å². The quantitative estimate of drug-likeness (QED) is 0.815. The van der Waals surface area contributed by atoms with E-state index in [1.165, 1.54) is 12.8 Å². The average molecular weight is 317 g/mol. The van der Waals surface area contributed by atoms with Crippen molar-refractivity contribution in [3.63, 3.8) is 0 Å². The van der Waals surface area contributed by atoms with Gasteiger partial charge in [-0.25, -0.2) is 0 Å². The lowest BCUT2D eigenvalue weighted by atomic mass is 9.98. The molecule has 1 aliphatic heterocycles. The summed E-state index contributed by atoms with van der Waals surface area (Å²) in [7, 11) is 0. The van der Waals surface area contributed by atoms with Crippen LogP contribution in [0.3, 0.4) is 0 Å². The zero-order chi connectivity index (χ0) is 14.5. The normalized spacial score (nSPS) is 18.1. The molecule has 1 fully saturated rings. The zero-order valence-corrected chi connectivity index (χ0v) is 13.3. The first-order valence-electron chi connectivity index (χ1n) is 7.13. The van der Waals surface area contributed by atoms with E-state index in [4.69, 9.17) is 23.2 Å². The highest BCUT2D eigenvalue weighted by molar-refractivity contribution is 6.34. The minimum absolute atomic E-state index is 0.226. The number of nitrogens with one attached hydrogen (secondary N) is 1. The molecular formula is C15H22Cl2N2O. The maximum atomic E-state index is 9.58. The predicted molar refractivity (Wildman–Crippen MR) is 87.3 cm³/mol. The molecule has 1 aromatic rings. The molecule has 1 saturated heterocycles. The molecule has 0 aromatic heterocycles. The second-order valence-corrected chi connectivity index (χ2v) is 6.21. The Hall–Kier alpha value is -0.640. The largest absolute Gasteiger partial charge is 0.390 e. The van der Waals surface area contributed by atoms with Crippen LogP contribution in [0.5, 0.6) is 0 Å². The van der Waals surface area contributed by atoms with Gasteiger partial charge in [0.15, 0.2) is 0 Å². The van der Waals surface area contributed by atoms with Crippen LogP contribution < -0.4 is 10.2 Å². The maximum absolute atomic E-state index is 9.58. The third kappa shape index (κ3) is 3.94. The molecule has 1 atom stereocenters. The summed E-state index contributed by atoms with van der Waals surface area (Å²) in [6.45, 7) is 4.77. The molecule has 2 N–H and O–H groups in total. The van der Waals surface area contributed by atoms with Gasteiger partial charge in [0.25, 0.3) is 0 Å². The van der Waals surface area contributed by atoms with Crippen molar-refractivity contribution in [1.29, 1.82) is 0 Å². The van der Waals surface area contributed by atoms with Crippen molar-refractivity contribution in [3.8, 4) is 0 Å². The number of hydrogen-bond donors (Lipinski definition) is 2. The summed E-state index contributed by atoms with van der Waals surface area (Å²) >= 11 is 12.0. The van der Waals surface area contributed by atoms with Gasteiger partial charge in [-0.2, -0.15) is 0 Å². The van der Waals surface area contributed by atoms with Gasteiger partial charge in [-0.05, 0) is 30.9 Å². The number of halogens is 2. The minimum atomic E-state index is -0.551. The topological polar surface area (TPSA) is 35.5 Å². The van der Waals surface area contributed by atoms with Gasteiger partial charge in [0.05, 0.1) is 28.4 Å². The van der Waals surface area contributed by atoms with Crippen LogP contribution in [0.25, 0.3) is 0 Å². The monoisotopic (exact) mass is 316 g/mol. The van der Waals surface area contributed by atoms with E-state index in [2.05, 4.69) is 17.1 Å². The Bertz CT molecular complexity index is 434. The van der Waals surface area contributed by atoms with E-state index in [1.54, 1.807) is 0 Å². The highest BCUT2D eigenvalue weighted by atomic mass is 35.5. The number of piperidine rings is 1. The van der Waals surface area contributed by atoms with Crippen LogP contribution >= 0.6 is 23.2 Å². The Kier molecular flexibility index (Phi) is 5.82. The second kappa shape index (κ2) is 7.39. The van der Waals surface area contributed by atoms with Gasteiger partial charge < -0.3 is 15.3 Å². The SMILES string of the molecule is CC1CCN(c2c(Cl)cccc2NCC(O)CCl)CC1. The third-order valence-electron chi connectivity index (χ3n) is 3.79. The summed E-state index contributed by atoms with van der Waals surface area (Å²) in [6, 6.07) is 5.84. The Labute approximate surface area is 130 Å². The van der Waals surface area contributed by atoms with E-state index in [0.29, 0.717) is 6.54 Å². The molecule has 1 aromatic carbocycles. The number of hydrogen-bond acceptors (Lipinski definition) is 3. The van der Waals surface area contributed by atoms with Gasteiger partial charge in [0.2, 0.25) is 0 Å². The van der Waals surface area contributed by atoms with Crippen molar-refractivity contribution >= 4 is 34.6 Å². The Morgan fingerprint density at radius 3 is 2.75 bits per heavy atom. The molecule has 1 aliphatic rings. The van der Waals surface area contributed by atoms with Gasteiger partial charge in [-0.3, -0.25) is 0 Å². The van der Waals surface area contributed by atoms with E-state index >= 15 is 0 Å². The van der Waals surface area contributed by atoms with E-state index in [9.17, 15) is 5.11 Å². The van der Waals surface area contributed by atoms with Crippen LogP contribution in [0.4, 0.5) is 11.4 Å². The first-order chi connectivity index (χ1) is 9.61. The van der Waals surface area contributed by atoms with Crippen molar-refractivity contribution < 1.29 is 5.11 Å². The fraction of sp³-hybridized carbons (Fsp3) is 0.600. The van der Waals surface area contributed by atoms with E-state index in [1.807, 2.05) is 18.2 Å². The van der Waals surface area contributed by atoms with Crippen LogP contribution in [0.15, 0.2) is 18.2 Å². The first kappa shape index (κ1) is 15.7. The Morgan fingerprint density at radius 1 is 1.40 bits per heavy atom. The number of nitrogens with zero attached hydrogens (tertiary/aromatic N) is 1. The van der Waals surface area contributed by atoms with Gasteiger partial charge in [0, 0.05) is 19.6 Å². The molecule has 20 heavy (non-hydrogen) atoms. The maximum Gasteiger partial charge on any atom is 0.0847 e. The van der Waals surface area contributed by atoms with Crippen molar-refractivity contribution in [2.24, 2.45) is 5.92 Å². The molecular weight excluding hydrogens is 295 g/mol.